The number of halogens is 2. The van der Waals surface area contributed by atoms with Crippen molar-refractivity contribution < 1.29 is 9.18 Å². The van der Waals surface area contributed by atoms with Crippen LogP contribution in [-0.4, -0.2) is 24.5 Å². The normalized spacial score (nSPS) is 10.4. The van der Waals surface area contributed by atoms with Gasteiger partial charge in [-0.05, 0) is 52.9 Å². The summed E-state index contributed by atoms with van der Waals surface area (Å²) >= 11 is 4.94. The molecule has 0 aromatic heterocycles. The first-order valence-electron chi connectivity index (χ1n) is 5.58. The van der Waals surface area contributed by atoms with Crippen LogP contribution in [0.4, 0.5) is 10.1 Å². The zero-order valence-corrected chi connectivity index (χ0v) is 12.5. The van der Waals surface area contributed by atoms with Crippen molar-refractivity contribution in [1.82, 2.24) is 5.32 Å². The number of thioether (sulfide) groups is 1. The number of amides is 1. The zero-order valence-electron chi connectivity index (χ0n) is 10.1. The average molecular weight is 335 g/mol. The van der Waals surface area contributed by atoms with Gasteiger partial charge in [0.15, 0.2) is 0 Å². The van der Waals surface area contributed by atoms with E-state index in [1.807, 2.05) is 0 Å². The molecule has 0 atom stereocenters. The van der Waals surface area contributed by atoms with Crippen molar-refractivity contribution in [2.75, 3.05) is 24.3 Å². The van der Waals surface area contributed by atoms with Crippen molar-refractivity contribution >= 4 is 39.3 Å². The summed E-state index contributed by atoms with van der Waals surface area (Å²) in [6, 6.07) is 2.55. The summed E-state index contributed by atoms with van der Waals surface area (Å²) in [6.45, 7) is 0.614. The molecule has 0 heterocycles. The van der Waals surface area contributed by atoms with Gasteiger partial charge in [0.05, 0.1) is 11.3 Å². The maximum Gasteiger partial charge on any atom is 0.252 e. The molecular formula is C12H16BrFN2OS. The minimum absolute atomic E-state index is 0.0225. The van der Waals surface area contributed by atoms with E-state index < -0.39 is 5.82 Å². The number of rotatable bonds is 6. The predicted molar refractivity (Wildman–Crippen MR) is 78.5 cm³/mol. The fourth-order valence-electron chi connectivity index (χ4n) is 1.41. The highest BCUT2D eigenvalue weighted by atomic mass is 79.9. The maximum absolute atomic E-state index is 13.1. The standard InChI is InChI=1S/C12H16BrFN2OS/c1-18-5-3-2-4-16-12(17)8-6-11(15)10(14)7-9(8)13/h6-7H,2-5,15H2,1H3,(H,16,17). The molecule has 0 unspecified atom stereocenters. The molecule has 0 radical (unpaired) electrons. The lowest BCUT2D eigenvalue weighted by molar-refractivity contribution is 0.0952. The summed E-state index contributed by atoms with van der Waals surface area (Å²) in [5.74, 6) is 0.319. The van der Waals surface area contributed by atoms with Gasteiger partial charge in [-0.25, -0.2) is 4.39 Å². The van der Waals surface area contributed by atoms with E-state index in [1.54, 1.807) is 11.8 Å². The second-order valence-corrected chi connectivity index (χ2v) is 5.65. The molecule has 3 N–H and O–H groups in total. The van der Waals surface area contributed by atoms with E-state index in [4.69, 9.17) is 5.73 Å². The number of carbonyl (C=O) groups is 1. The van der Waals surface area contributed by atoms with Gasteiger partial charge in [-0.1, -0.05) is 0 Å². The summed E-state index contributed by atoms with van der Waals surface area (Å²) in [6.07, 6.45) is 4.05. The highest BCUT2D eigenvalue weighted by Crippen LogP contribution is 2.22. The largest absolute Gasteiger partial charge is 0.396 e. The number of benzene rings is 1. The predicted octanol–water partition coefficient (Wildman–Crippen LogP) is 3.04. The van der Waals surface area contributed by atoms with Gasteiger partial charge in [0.1, 0.15) is 5.82 Å². The van der Waals surface area contributed by atoms with Crippen LogP contribution in [0, 0.1) is 5.82 Å². The first-order chi connectivity index (χ1) is 8.56. The molecule has 18 heavy (non-hydrogen) atoms. The molecule has 0 aliphatic rings. The molecule has 1 amide bonds. The monoisotopic (exact) mass is 334 g/mol. The number of nitrogens with two attached hydrogens (primary N) is 1. The first kappa shape index (κ1) is 15.3. The molecule has 0 aliphatic carbocycles. The van der Waals surface area contributed by atoms with Gasteiger partial charge >= 0.3 is 0 Å². The van der Waals surface area contributed by atoms with E-state index in [0.29, 0.717) is 16.6 Å². The number of unbranched alkanes of at least 4 members (excludes halogenated alkanes) is 1. The topological polar surface area (TPSA) is 55.1 Å². The smallest absolute Gasteiger partial charge is 0.252 e. The lowest BCUT2D eigenvalue weighted by Crippen LogP contribution is -2.25. The van der Waals surface area contributed by atoms with Gasteiger partial charge < -0.3 is 11.1 Å². The van der Waals surface area contributed by atoms with Gasteiger partial charge in [-0.15, -0.1) is 0 Å². The van der Waals surface area contributed by atoms with Crippen molar-refractivity contribution in [3.05, 3.63) is 28.0 Å². The van der Waals surface area contributed by atoms with E-state index in [-0.39, 0.29) is 11.6 Å². The van der Waals surface area contributed by atoms with Crippen molar-refractivity contribution in [2.24, 2.45) is 0 Å². The van der Waals surface area contributed by atoms with Crippen LogP contribution in [0.5, 0.6) is 0 Å². The highest BCUT2D eigenvalue weighted by molar-refractivity contribution is 9.10. The molecule has 0 bridgehead atoms. The SMILES string of the molecule is CSCCCCNC(=O)c1cc(N)c(F)cc1Br. The van der Waals surface area contributed by atoms with Gasteiger partial charge in [0.25, 0.3) is 5.91 Å². The molecule has 0 aliphatic heterocycles. The third-order valence-corrected chi connectivity index (χ3v) is 3.74. The van der Waals surface area contributed by atoms with Crippen LogP contribution in [-0.2, 0) is 0 Å². The molecular weight excluding hydrogens is 319 g/mol. The van der Waals surface area contributed by atoms with E-state index in [1.165, 1.54) is 12.1 Å². The minimum atomic E-state index is -0.529. The van der Waals surface area contributed by atoms with Crippen LogP contribution < -0.4 is 11.1 Å². The fourth-order valence-corrected chi connectivity index (χ4v) is 2.40. The van der Waals surface area contributed by atoms with Crippen LogP contribution in [0.15, 0.2) is 16.6 Å². The number of hydrogen-bond donors (Lipinski definition) is 2. The molecule has 1 aromatic carbocycles. The Hall–Kier alpha value is -0.750. The van der Waals surface area contributed by atoms with Gasteiger partial charge in [-0.3, -0.25) is 4.79 Å². The summed E-state index contributed by atoms with van der Waals surface area (Å²) in [5.41, 5.74) is 5.78. The Balaban J connectivity index is 2.54. The molecule has 3 nitrogen and oxygen atoms in total. The fraction of sp³-hybridized carbons (Fsp3) is 0.417. The van der Waals surface area contributed by atoms with Gasteiger partial charge in [0, 0.05) is 11.0 Å². The molecule has 1 rings (SSSR count). The summed E-state index contributed by atoms with van der Waals surface area (Å²) < 4.78 is 13.5. The van der Waals surface area contributed by atoms with Crippen LogP contribution in [0.1, 0.15) is 23.2 Å². The molecule has 0 saturated heterocycles. The lowest BCUT2D eigenvalue weighted by Gasteiger charge is -2.08. The highest BCUT2D eigenvalue weighted by Gasteiger charge is 2.12. The van der Waals surface area contributed by atoms with Crippen LogP contribution in [0.3, 0.4) is 0 Å². The van der Waals surface area contributed by atoms with Crippen LogP contribution in [0.2, 0.25) is 0 Å². The second-order valence-electron chi connectivity index (χ2n) is 3.81. The molecule has 0 spiro atoms. The summed E-state index contributed by atoms with van der Waals surface area (Å²) in [4.78, 5) is 11.8. The molecule has 6 heteroatoms. The number of carbonyl (C=O) groups excluding carboxylic acids is 1. The van der Waals surface area contributed by atoms with E-state index in [0.717, 1.165) is 18.6 Å². The number of hydrogen-bond acceptors (Lipinski definition) is 3. The van der Waals surface area contributed by atoms with Crippen molar-refractivity contribution in [2.45, 2.75) is 12.8 Å². The Morgan fingerprint density at radius 3 is 2.89 bits per heavy atom. The van der Waals surface area contributed by atoms with Crippen molar-refractivity contribution in [3.63, 3.8) is 0 Å². The number of anilines is 1. The number of nitrogens with one attached hydrogen (secondary N) is 1. The molecule has 100 valence electrons. The van der Waals surface area contributed by atoms with Crippen molar-refractivity contribution in [1.29, 1.82) is 0 Å². The minimum Gasteiger partial charge on any atom is -0.396 e. The van der Waals surface area contributed by atoms with Gasteiger partial charge in [-0.2, -0.15) is 11.8 Å². The van der Waals surface area contributed by atoms with Gasteiger partial charge in [0.2, 0.25) is 0 Å². The van der Waals surface area contributed by atoms with E-state index in [2.05, 4.69) is 27.5 Å². The first-order valence-corrected chi connectivity index (χ1v) is 7.76. The third kappa shape index (κ3) is 4.49. The lowest BCUT2D eigenvalue weighted by atomic mass is 10.2. The summed E-state index contributed by atoms with van der Waals surface area (Å²) in [5, 5.41) is 2.79. The number of nitrogen functional groups attached to an aromatic ring is 1. The third-order valence-electron chi connectivity index (χ3n) is 2.39. The zero-order chi connectivity index (χ0) is 13.5. The molecule has 0 saturated carbocycles. The quantitative estimate of drug-likeness (QED) is 0.621. The Morgan fingerprint density at radius 2 is 2.22 bits per heavy atom. The Labute approximate surface area is 119 Å². The molecule has 1 aromatic rings. The van der Waals surface area contributed by atoms with Crippen LogP contribution in [0.25, 0.3) is 0 Å². The van der Waals surface area contributed by atoms with Crippen molar-refractivity contribution in [3.8, 4) is 0 Å². The Morgan fingerprint density at radius 1 is 1.50 bits per heavy atom. The average Bonchev–Trinajstić information content (AvgIpc) is 2.33. The van der Waals surface area contributed by atoms with Crippen LogP contribution >= 0.6 is 27.7 Å². The summed E-state index contributed by atoms with van der Waals surface area (Å²) in [7, 11) is 0. The van der Waals surface area contributed by atoms with E-state index in [9.17, 15) is 9.18 Å². The van der Waals surface area contributed by atoms with E-state index >= 15 is 0 Å². The maximum atomic E-state index is 13.1. The Bertz CT molecular complexity index is 429. The second kappa shape index (κ2) is 7.63. The molecule has 0 fully saturated rings. The Kier molecular flexibility index (Phi) is 6.49.